The Balaban J connectivity index is 2.09. The zero-order chi connectivity index (χ0) is 15.2. The van der Waals surface area contributed by atoms with E-state index in [2.05, 4.69) is 15.3 Å². The van der Waals surface area contributed by atoms with Crippen LogP contribution in [0.2, 0.25) is 0 Å². The van der Waals surface area contributed by atoms with Gasteiger partial charge in [-0.2, -0.15) is 0 Å². The number of carbonyl (C=O) groups excluding carboxylic acids is 1. The molecule has 0 atom stereocenters. The van der Waals surface area contributed by atoms with E-state index in [9.17, 15) is 9.59 Å². The summed E-state index contributed by atoms with van der Waals surface area (Å²) in [5.74, 6) is 0.447. The molecule has 112 valence electrons. The van der Waals surface area contributed by atoms with Crippen molar-refractivity contribution in [3.8, 4) is 0 Å². The molecule has 0 aliphatic carbocycles. The third-order valence-electron chi connectivity index (χ3n) is 2.98. The molecule has 0 saturated carbocycles. The van der Waals surface area contributed by atoms with E-state index in [1.165, 1.54) is 4.90 Å². The number of urea groups is 1. The number of H-pyrrole nitrogens is 1. The zero-order valence-electron chi connectivity index (χ0n) is 12.0. The van der Waals surface area contributed by atoms with E-state index in [-0.39, 0.29) is 18.1 Å². The van der Waals surface area contributed by atoms with Crippen LogP contribution in [0.3, 0.4) is 0 Å². The standard InChI is InChI=1S/C14H18N4O3/c1-18(14(20)15-7-8-21-2)9-12-16-11-6-4-3-5-10(11)13(19)17-12/h3-6H,7-9H2,1-2H3,(H,15,20)(H,16,17,19). The summed E-state index contributed by atoms with van der Waals surface area (Å²) in [5, 5.41) is 3.23. The molecule has 7 heteroatoms. The number of hydrogen-bond acceptors (Lipinski definition) is 4. The summed E-state index contributed by atoms with van der Waals surface area (Å²) in [5.41, 5.74) is 0.410. The van der Waals surface area contributed by atoms with Crippen molar-refractivity contribution < 1.29 is 9.53 Å². The lowest BCUT2D eigenvalue weighted by Gasteiger charge is -2.17. The minimum Gasteiger partial charge on any atom is -0.383 e. The number of para-hydroxylation sites is 1. The van der Waals surface area contributed by atoms with E-state index in [1.54, 1.807) is 32.4 Å². The quantitative estimate of drug-likeness (QED) is 0.794. The van der Waals surface area contributed by atoms with Gasteiger partial charge in [0.1, 0.15) is 5.82 Å². The van der Waals surface area contributed by atoms with Gasteiger partial charge in [-0.05, 0) is 12.1 Å². The molecule has 0 radical (unpaired) electrons. The Kier molecular flexibility index (Phi) is 4.89. The van der Waals surface area contributed by atoms with Crippen molar-refractivity contribution in [2.75, 3.05) is 27.3 Å². The third-order valence-corrected chi connectivity index (χ3v) is 2.98. The Bertz CT molecular complexity index is 683. The van der Waals surface area contributed by atoms with Crippen molar-refractivity contribution in [3.63, 3.8) is 0 Å². The number of hydrogen-bond donors (Lipinski definition) is 2. The molecule has 0 bridgehead atoms. The van der Waals surface area contributed by atoms with Crippen molar-refractivity contribution in [1.82, 2.24) is 20.2 Å². The second-order valence-electron chi connectivity index (χ2n) is 4.61. The molecular weight excluding hydrogens is 272 g/mol. The number of rotatable bonds is 5. The molecule has 21 heavy (non-hydrogen) atoms. The van der Waals surface area contributed by atoms with E-state index >= 15 is 0 Å². The highest BCUT2D eigenvalue weighted by Gasteiger charge is 2.11. The molecule has 2 amide bonds. The molecule has 2 rings (SSSR count). The van der Waals surface area contributed by atoms with Crippen LogP contribution in [0.1, 0.15) is 5.82 Å². The number of aromatic nitrogens is 2. The van der Waals surface area contributed by atoms with Crippen LogP contribution in [0.5, 0.6) is 0 Å². The Hall–Kier alpha value is -2.41. The number of amides is 2. The molecule has 1 aromatic heterocycles. The lowest BCUT2D eigenvalue weighted by Crippen LogP contribution is -2.39. The minimum absolute atomic E-state index is 0.205. The molecule has 0 aliphatic rings. The molecule has 2 N–H and O–H groups in total. The van der Waals surface area contributed by atoms with Gasteiger partial charge in [-0.25, -0.2) is 9.78 Å². The number of fused-ring (bicyclic) bond motifs is 1. The highest BCUT2D eigenvalue weighted by Crippen LogP contribution is 2.06. The number of ether oxygens (including phenoxy) is 1. The van der Waals surface area contributed by atoms with Gasteiger partial charge in [0.05, 0.1) is 24.1 Å². The summed E-state index contributed by atoms with van der Waals surface area (Å²) in [6, 6.07) is 6.84. The van der Waals surface area contributed by atoms with Crippen LogP contribution in [-0.4, -0.2) is 48.2 Å². The monoisotopic (exact) mass is 290 g/mol. The van der Waals surface area contributed by atoms with Crippen LogP contribution in [0.4, 0.5) is 4.79 Å². The number of methoxy groups -OCH3 is 1. The lowest BCUT2D eigenvalue weighted by molar-refractivity contribution is 0.183. The predicted molar refractivity (Wildman–Crippen MR) is 79.1 cm³/mol. The zero-order valence-corrected chi connectivity index (χ0v) is 12.0. The van der Waals surface area contributed by atoms with Gasteiger partial charge in [-0.15, -0.1) is 0 Å². The van der Waals surface area contributed by atoms with E-state index in [0.29, 0.717) is 29.9 Å². The first-order valence-electron chi connectivity index (χ1n) is 6.57. The number of aromatic amines is 1. The van der Waals surface area contributed by atoms with Crippen LogP contribution in [0.15, 0.2) is 29.1 Å². The van der Waals surface area contributed by atoms with E-state index in [0.717, 1.165) is 0 Å². The lowest BCUT2D eigenvalue weighted by atomic mass is 10.2. The van der Waals surface area contributed by atoms with Gasteiger partial charge in [0.2, 0.25) is 0 Å². The van der Waals surface area contributed by atoms with E-state index in [1.807, 2.05) is 6.07 Å². The van der Waals surface area contributed by atoms with Crippen molar-refractivity contribution in [3.05, 3.63) is 40.4 Å². The summed E-state index contributed by atoms with van der Waals surface area (Å²) >= 11 is 0. The molecule has 0 unspecified atom stereocenters. The average Bonchev–Trinajstić information content (AvgIpc) is 2.47. The second kappa shape index (κ2) is 6.85. The van der Waals surface area contributed by atoms with Crippen LogP contribution >= 0.6 is 0 Å². The maximum atomic E-state index is 11.9. The maximum Gasteiger partial charge on any atom is 0.317 e. The molecule has 7 nitrogen and oxygen atoms in total. The SMILES string of the molecule is COCCNC(=O)N(C)Cc1nc2ccccc2c(=O)[nH]1. The fourth-order valence-corrected chi connectivity index (χ4v) is 1.90. The van der Waals surface area contributed by atoms with Crippen LogP contribution in [0.25, 0.3) is 10.9 Å². The third kappa shape index (κ3) is 3.79. The first-order valence-corrected chi connectivity index (χ1v) is 6.57. The predicted octanol–water partition coefficient (Wildman–Crippen LogP) is 0.711. The Morgan fingerprint density at radius 1 is 1.43 bits per heavy atom. The molecule has 1 heterocycles. The van der Waals surface area contributed by atoms with Crippen molar-refractivity contribution in [2.45, 2.75) is 6.54 Å². The first kappa shape index (κ1) is 15.0. The smallest absolute Gasteiger partial charge is 0.317 e. The number of carbonyl (C=O) groups is 1. The largest absolute Gasteiger partial charge is 0.383 e. The molecular formula is C14H18N4O3. The van der Waals surface area contributed by atoms with Gasteiger partial charge >= 0.3 is 6.03 Å². The van der Waals surface area contributed by atoms with Gasteiger partial charge in [0.25, 0.3) is 5.56 Å². The van der Waals surface area contributed by atoms with Crippen LogP contribution in [-0.2, 0) is 11.3 Å². The average molecular weight is 290 g/mol. The second-order valence-corrected chi connectivity index (χ2v) is 4.61. The molecule has 2 aromatic rings. The van der Waals surface area contributed by atoms with Crippen LogP contribution in [0, 0.1) is 0 Å². The Morgan fingerprint density at radius 2 is 2.19 bits per heavy atom. The van der Waals surface area contributed by atoms with Crippen molar-refractivity contribution in [2.24, 2.45) is 0 Å². The number of nitrogens with one attached hydrogen (secondary N) is 2. The number of benzene rings is 1. The molecule has 0 spiro atoms. The first-order chi connectivity index (χ1) is 10.1. The fraction of sp³-hybridized carbons (Fsp3) is 0.357. The van der Waals surface area contributed by atoms with Crippen molar-refractivity contribution in [1.29, 1.82) is 0 Å². The van der Waals surface area contributed by atoms with E-state index < -0.39 is 0 Å². The highest BCUT2D eigenvalue weighted by atomic mass is 16.5. The van der Waals surface area contributed by atoms with Gasteiger partial charge in [-0.1, -0.05) is 12.1 Å². The summed E-state index contributed by atoms with van der Waals surface area (Å²) < 4.78 is 4.86. The summed E-state index contributed by atoms with van der Waals surface area (Å²) in [7, 11) is 3.21. The Labute approximate surface area is 121 Å². The fourth-order valence-electron chi connectivity index (χ4n) is 1.90. The van der Waals surface area contributed by atoms with Gasteiger partial charge in [0.15, 0.2) is 0 Å². The van der Waals surface area contributed by atoms with Crippen molar-refractivity contribution >= 4 is 16.9 Å². The van der Waals surface area contributed by atoms with Gasteiger partial charge < -0.3 is 19.9 Å². The molecule has 0 saturated heterocycles. The Morgan fingerprint density at radius 3 is 2.95 bits per heavy atom. The minimum atomic E-state index is -0.247. The summed E-state index contributed by atoms with van der Waals surface area (Å²) in [6.07, 6.45) is 0. The van der Waals surface area contributed by atoms with Crippen LogP contribution < -0.4 is 10.9 Å². The number of nitrogens with zero attached hydrogens (tertiary/aromatic N) is 2. The summed E-state index contributed by atoms with van der Waals surface area (Å²) in [4.78, 5) is 32.2. The molecule has 0 aliphatic heterocycles. The van der Waals surface area contributed by atoms with E-state index in [4.69, 9.17) is 4.74 Å². The molecule has 1 aromatic carbocycles. The topological polar surface area (TPSA) is 87.3 Å². The highest BCUT2D eigenvalue weighted by molar-refractivity contribution is 5.77. The van der Waals surface area contributed by atoms with Gasteiger partial charge in [-0.3, -0.25) is 4.79 Å². The van der Waals surface area contributed by atoms with Gasteiger partial charge in [0, 0.05) is 20.7 Å². The maximum absolute atomic E-state index is 11.9. The normalized spacial score (nSPS) is 10.6. The molecule has 0 fully saturated rings. The summed E-state index contributed by atoms with van der Waals surface area (Å²) in [6.45, 7) is 1.10.